The number of likely N-dealkylation sites (N-methyl/N-ethyl adjacent to an activating group) is 1. The Morgan fingerprint density at radius 3 is 2.63 bits per heavy atom. The first kappa shape index (κ1) is 15.2. The van der Waals surface area contributed by atoms with E-state index < -0.39 is 0 Å². The van der Waals surface area contributed by atoms with Crippen LogP contribution in [0.25, 0.3) is 0 Å². The van der Waals surface area contributed by atoms with Crippen LogP contribution in [0.5, 0.6) is 0 Å². The van der Waals surface area contributed by atoms with Crippen LogP contribution in [0.15, 0.2) is 18.2 Å². The summed E-state index contributed by atoms with van der Waals surface area (Å²) in [6.45, 7) is 4.37. The Balaban J connectivity index is 3.05. The van der Waals surface area contributed by atoms with Crippen molar-refractivity contribution in [3.05, 3.63) is 34.9 Å². The summed E-state index contributed by atoms with van der Waals surface area (Å²) in [5.41, 5.74) is 2.20. The first-order valence-corrected chi connectivity index (χ1v) is 6.24. The van der Waals surface area contributed by atoms with Gasteiger partial charge in [0.2, 0.25) is 0 Å². The molecule has 0 heterocycles. The van der Waals surface area contributed by atoms with E-state index in [-0.39, 0.29) is 19.1 Å². The molecular formula is C15H19NO3. The first-order valence-electron chi connectivity index (χ1n) is 6.24. The second kappa shape index (κ2) is 7.57. The number of hydrogen-bond donors (Lipinski definition) is 2. The average molecular weight is 261 g/mol. The van der Waals surface area contributed by atoms with Gasteiger partial charge in [0.05, 0.1) is 6.61 Å². The van der Waals surface area contributed by atoms with E-state index in [9.17, 15) is 4.79 Å². The van der Waals surface area contributed by atoms with E-state index in [1.54, 1.807) is 17.0 Å². The summed E-state index contributed by atoms with van der Waals surface area (Å²) < 4.78 is 0. The number of aryl methyl sites for hydroxylation is 1. The molecule has 19 heavy (non-hydrogen) atoms. The fraction of sp³-hybridized carbons (Fsp3) is 0.400. The number of rotatable bonds is 4. The zero-order valence-corrected chi connectivity index (χ0v) is 11.3. The summed E-state index contributed by atoms with van der Waals surface area (Å²) in [6, 6.07) is 5.37. The Morgan fingerprint density at radius 1 is 1.32 bits per heavy atom. The number of hydrogen-bond acceptors (Lipinski definition) is 3. The minimum atomic E-state index is -0.206. The highest BCUT2D eigenvalue weighted by Crippen LogP contribution is 2.11. The van der Waals surface area contributed by atoms with Crippen molar-refractivity contribution >= 4 is 5.91 Å². The largest absolute Gasteiger partial charge is 0.395 e. The topological polar surface area (TPSA) is 60.8 Å². The van der Waals surface area contributed by atoms with E-state index in [0.29, 0.717) is 24.2 Å². The average Bonchev–Trinajstić information content (AvgIpc) is 2.41. The van der Waals surface area contributed by atoms with Crippen molar-refractivity contribution in [3.8, 4) is 11.8 Å². The predicted octanol–water partition coefficient (Wildman–Crippen LogP) is 0.793. The smallest absolute Gasteiger partial charge is 0.253 e. The van der Waals surface area contributed by atoms with Crippen molar-refractivity contribution in [1.29, 1.82) is 0 Å². The highest BCUT2D eigenvalue weighted by atomic mass is 16.3. The van der Waals surface area contributed by atoms with E-state index in [4.69, 9.17) is 10.2 Å². The number of aliphatic hydroxyl groups is 2. The molecule has 0 aliphatic heterocycles. The Hall–Kier alpha value is -1.83. The number of carbonyl (C=O) groups excluding carboxylic acids is 1. The number of aliphatic hydroxyl groups excluding tert-OH is 2. The maximum absolute atomic E-state index is 12.3. The van der Waals surface area contributed by atoms with Gasteiger partial charge in [-0.15, -0.1) is 0 Å². The van der Waals surface area contributed by atoms with Crippen molar-refractivity contribution < 1.29 is 15.0 Å². The molecule has 0 saturated carbocycles. The SMILES string of the molecule is CCN(CCO)C(=O)c1cc(C)cc(C#CCO)c1. The van der Waals surface area contributed by atoms with Gasteiger partial charge < -0.3 is 15.1 Å². The molecule has 0 unspecified atom stereocenters. The van der Waals surface area contributed by atoms with Crippen LogP contribution >= 0.6 is 0 Å². The lowest BCUT2D eigenvalue weighted by atomic mass is 10.1. The summed E-state index contributed by atoms with van der Waals surface area (Å²) in [4.78, 5) is 13.8. The Labute approximate surface area is 113 Å². The summed E-state index contributed by atoms with van der Waals surface area (Å²) in [5, 5.41) is 17.6. The second-order valence-corrected chi connectivity index (χ2v) is 4.16. The molecule has 0 atom stereocenters. The van der Waals surface area contributed by atoms with Crippen LogP contribution in [0.4, 0.5) is 0 Å². The molecule has 4 heteroatoms. The number of carbonyl (C=O) groups is 1. The summed E-state index contributed by atoms with van der Waals surface area (Å²) in [6.07, 6.45) is 0. The van der Waals surface area contributed by atoms with Gasteiger partial charge in [0.25, 0.3) is 5.91 Å². The molecule has 0 fully saturated rings. The molecular weight excluding hydrogens is 242 g/mol. The molecule has 4 nitrogen and oxygen atoms in total. The molecule has 0 aromatic heterocycles. The molecule has 2 N–H and O–H groups in total. The zero-order chi connectivity index (χ0) is 14.3. The van der Waals surface area contributed by atoms with E-state index in [0.717, 1.165) is 5.56 Å². The highest BCUT2D eigenvalue weighted by Gasteiger charge is 2.14. The zero-order valence-electron chi connectivity index (χ0n) is 11.3. The van der Waals surface area contributed by atoms with Crippen LogP contribution in [0, 0.1) is 18.8 Å². The van der Waals surface area contributed by atoms with Gasteiger partial charge in [0.15, 0.2) is 0 Å². The molecule has 0 bridgehead atoms. The van der Waals surface area contributed by atoms with Crippen molar-refractivity contribution in [2.75, 3.05) is 26.3 Å². The van der Waals surface area contributed by atoms with Crippen LogP contribution in [-0.2, 0) is 0 Å². The maximum Gasteiger partial charge on any atom is 0.253 e. The molecule has 1 aromatic rings. The van der Waals surface area contributed by atoms with Gasteiger partial charge in [-0.05, 0) is 37.6 Å². The third kappa shape index (κ3) is 4.40. The minimum absolute atomic E-state index is 0.0530. The number of nitrogens with zero attached hydrogens (tertiary/aromatic N) is 1. The van der Waals surface area contributed by atoms with Crippen LogP contribution in [0.3, 0.4) is 0 Å². The lowest BCUT2D eigenvalue weighted by Gasteiger charge is -2.20. The summed E-state index contributed by atoms with van der Waals surface area (Å²) in [7, 11) is 0. The van der Waals surface area contributed by atoms with Crippen LogP contribution in [-0.4, -0.2) is 47.3 Å². The van der Waals surface area contributed by atoms with Gasteiger partial charge in [0.1, 0.15) is 6.61 Å². The summed E-state index contributed by atoms with van der Waals surface area (Å²) >= 11 is 0. The fourth-order valence-electron chi connectivity index (χ4n) is 1.83. The Bertz CT molecular complexity index is 500. The lowest BCUT2D eigenvalue weighted by molar-refractivity contribution is 0.0732. The maximum atomic E-state index is 12.3. The van der Waals surface area contributed by atoms with Crippen LogP contribution < -0.4 is 0 Å². The molecule has 0 aliphatic carbocycles. The molecule has 1 rings (SSSR count). The number of benzene rings is 1. The van der Waals surface area contributed by atoms with Crippen LogP contribution in [0.1, 0.15) is 28.4 Å². The monoisotopic (exact) mass is 261 g/mol. The van der Waals surface area contributed by atoms with Crippen molar-refractivity contribution in [1.82, 2.24) is 4.90 Å². The first-order chi connectivity index (χ1) is 9.12. The van der Waals surface area contributed by atoms with E-state index in [1.807, 2.05) is 19.9 Å². The minimum Gasteiger partial charge on any atom is -0.395 e. The van der Waals surface area contributed by atoms with E-state index in [1.165, 1.54) is 0 Å². The Morgan fingerprint density at radius 2 is 2.05 bits per heavy atom. The molecule has 0 saturated heterocycles. The molecule has 0 radical (unpaired) electrons. The fourth-order valence-corrected chi connectivity index (χ4v) is 1.83. The molecule has 102 valence electrons. The molecule has 1 aromatic carbocycles. The standard InChI is InChI=1S/C15H19NO3/c1-3-16(6-8-18)15(19)14-10-12(2)9-13(11-14)5-4-7-17/h9-11,17-18H,3,6-8H2,1-2H3. The van der Waals surface area contributed by atoms with Crippen molar-refractivity contribution in [3.63, 3.8) is 0 Å². The lowest BCUT2D eigenvalue weighted by Crippen LogP contribution is -2.33. The van der Waals surface area contributed by atoms with E-state index in [2.05, 4.69) is 11.8 Å². The van der Waals surface area contributed by atoms with Gasteiger partial charge in [0, 0.05) is 24.2 Å². The molecule has 0 aliphatic rings. The van der Waals surface area contributed by atoms with Crippen LogP contribution in [0.2, 0.25) is 0 Å². The van der Waals surface area contributed by atoms with Crippen molar-refractivity contribution in [2.24, 2.45) is 0 Å². The third-order valence-corrected chi connectivity index (χ3v) is 2.67. The van der Waals surface area contributed by atoms with Gasteiger partial charge in [-0.3, -0.25) is 4.79 Å². The van der Waals surface area contributed by atoms with E-state index >= 15 is 0 Å². The van der Waals surface area contributed by atoms with Gasteiger partial charge in [-0.25, -0.2) is 0 Å². The third-order valence-electron chi connectivity index (χ3n) is 2.67. The van der Waals surface area contributed by atoms with Gasteiger partial charge >= 0.3 is 0 Å². The Kier molecular flexibility index (Phi) is 6.07. The highest BCUT2D eigenvalue weighted by molar-refractivity contribution is 5.94. The number of amides is 1. The quantitative estimate of drug-likeness (QED) is 0.788. The molecule has 1 amide bonds. The molecule has 0 spiro atoms. The normalized spacial score (nSPS) is 9.68. The van der Waals surface area contributed by atoms with Crippen molar-refractivity contribution in [2.45, 2.75) is 13.8 Å². The summed E-state index contributed by atoms with van der Waals surface area (Å²) in [5.74, 6) is 5.25. The predicted molar refractivity (Wildman–Crippen MR) is 73.8 cm³/mol. The van der Waals surface area contributed by atoms with Gasteiger partial charge in [-0.1, -0.05) is 11.8 Å². The van der Waals surface area contributed by atoms with Gasteiger partial charge in [-0.2, -0.15) is 0 Å². The second-order valence-electron chi connectivity index (χ2n) is 4.16.